The van der Waals surface area contributed by atoms with Crippen LogP contribution in [-0.2, 0) is 0 Å². The van der Waals surface area contributed by atoms with Crippen molar-refractivity contribution in [2.75, 3.05) is 5.32 Å². The predicted molar refractivity (Wildman–Crippen MR) is 75.4 cm³/mol. The smallest absolute Gasteiger partial charge is 0.101 e. The normalized spacial score (nSPS) is 23.3. The summed E-state index contributed by atoms with van der Waals surface area (Å²) < 4.78 is 0. The highest BCUT2D eigenvalue weighted by molar-refractivity contribution is 5.57. The molecule has 96 valence electrons. The Hall–Kier alpha value is -1.49. The number of nitrogens with one attached hydrogen (secondary N) is 1. The summed E-state index contributed by atoms with van der Waals surface area (Å²) in [5, 5.41) is 12.6. The van der Waals surface area contributed by atoms with Gasteiger partial charge in [0.05, 0.1) is 11.3 Å². The topological polar surface area (TPSA) is 35.8 Å². The second-order valence-corrected chi connectivity index (χ2v) is 5.31. The van der Waals surface area contributed by atoms with E-state index >= 15 is 0 Å². The van der Waals surface area contributed by atoms with Gasteiger partial charge in [-0.05, 0) is 43.7 Å². The first-order chi connectivity index (χ1) is 8.83. The van der Waals surface area contributed by atoms with Crippen LogP contribution in [-0.4, -0.2) is 6.04 Å². The van der Waals surface area contributed by atoms with Crippen LogP contribution in [0.15, 0.2) is 24.3 Å². The Morgan fingerprint density at radius 3 is 2.61 bits per heavy atom. The molecule has 1 aromatic rings. The minimum atomic E-state index is 0.549. The fourth-order valence-electron chi connectivity index (χ4n) is 2.93. The first-order valence-electron chi connectivity index (χ1n) is 7.09. The fourth-order valence-corrected chi connectivity index (χ4v) is 2.93. The Bertz CT molecular complexity index is 411. The maximum Gasteiger partial charge on any atom is 0.101 e. The first kappa shape index (κ1) is 13.0. The molecule has 1 N–H and O–H groups in total. The Morgan fingerprint density at radius 1 is 1.22 bits per heavy atom. The van der Waals surface area contributed by atoms with Crippen molar-refractivity contribution in [3.8, 4) is 6.07 Å². The van der Waals surface area contributed by atoms with E-state index in [0.717, 1.165) is 17.2 Å². The fraction of sp³-hybridized carbons (Fsp3) is 0.562. The van der Waals surface area contributed by atoms with Crippen LogP contribution in [0.2, 0.25) is 0 Å². The lowest BCUT2D eigenvalue weighted by molar-refractivity contribution is 0.319. The van der Waals surface area contributed by atoms with Gasteiger partial charge in [-0.25, -0.2) is 0 Å². The van der Waals surface area contributed by atoms with Crippen LogP contribution in [0.1, 0.15) is 51.0 Å². The van der Waals surface area contributed by atoms with Gasteiger partial charge in [-0.15, -0.1) is 0 Å². The summed E-state index contributed by atoms with van der Waals surface area (Å²) in [5.74, 6) is 0.930. The van der Waals surface area contributed by atoms with Gasteiger partial charge in [-0.3, -0.25) is 0 Å². The third-order valence-electron chi connectivity index (χ3n) is 3.95. The van der Waals surface area contributed by atoms with Crippen molar-refractivity contribution >= 4 is 5.69 Å². The van der Waals surface area contributed by atoms with Gasteiger partial charge in [0.2, 0.25) is 0 Å². The second-order valence-electron chi connectivity index (χ2n) is 5.31. The van der Waals surface area contributed by atoms with Crippen molar-refractivity contribution in [3.05, 3.63) is 29.8 Å². The third-order valence-corrected chi connectivity index (χ3v) is 3.95. The molecular weight excluding hydrogens is 220 g/mol. The van der Waals surface area contributed by atoms with E-state index < -0.39 is 0 Å². The van der Waals surface area contributed by atoms with Crippen LogP contribution >= 0.6 is 0 Å². The Balaban J connectivity index is 1.90. The molecule has 1 saturated carbocycles. The highest BCUT2D eigenvalue weighted by Crippen LogP contribution is 2.30. The summed E-state index contributed by atoms with van der Waals surface area (Å²) in [6.07, 6.45) is 7.83. The van der Waals surface area contributed by atoms with Crippen LogP contribution in [0.25, 0.3) is 0 Å². The summed E-state index contributed by atoms with van der Waals surface area (Å²) in [6.45, 7) is 2.27. The van der Waals surface area contributed by atoms with Gasteiger partial charge in [0, 0.05) is 6.04 Å². The van der Waals surface area contributed by atoms with E-state index in [-0.39, 0.29) is 0 Å². The van der Waals surface area contributed by atoms with Crippen molar-refractivity contribution < 1.29 is 0 Å². The number of rotatable bonds is 4. The van der Waals surface area contributed by atoms with Gasteiger partial charge >= 0.3 is 0 Å². The SMILES string of the molecule is CCCC1CCC(Nc2ccccc2C#N)CC1. The molecule has 0 saturated heterocycles. The molecule has 2 rings (SSSR count). The van der Waals surface area contributed by atoms with E-state index in [9.17, 15) is 0 Å². The van der Waals surface area contributed by atoms with Gasteiger partial charge in [0.15, 0.2) is 0 Å². The van der Waals surface area contributed by atoms with Gasteiger partial charge in [-0.2, -0.15) is 5.26 Å². The van der Waals surface area contributed by atoms with E-state index in [4.69, 9.17) is 5.26 Å². The molecule has 2 heteroatoms. The standard InChI is InChI=1S/C16H22N2/c1-2-5-13-8-10-15(11-9-13)18-16-7-4-3-6-14(16)12-17/h3-4,6-7,13,15,18H,2,5,8-11H2,1H3. The van der Waals surface area contributed by atoms with Gasteiger partial charge < -0.3 is 5.32 Å². The molecule has 0 amide bonds. The van der Waals surface area contributed by atoms with Crippen LogP contribution in [0.3, 0.4) is 0 Å². The van der Waals surface area contributed by atoms with Crippen molar-refractivity contribution in [2.24, 2.45) is 5.92 Å². The summed E-state index contributed by atoms with van der Waals surface area (Å²) in [5.41, 5.74) is 1.76. The molecule has 1 fully saturated rings. The van der Waals surface area contributed by atoms with E-state index in [1.54, 1.807) is 0 Å². The molecule has 0 radical (unpaired) electrons. The number of benzene rings is 1. The molecule has 1 aromatic carbocycles. The highest BCUT2D eigenvalue weighted by atomic mass is 14.9. The molecule has 0 unspecified atom stereocenters. The van der Waals surface area contributed by atoms with Crippen molar-refractivity contribution in [3.63, 3.8) is 0 Å². The largest absolute Gasteiger partial charge is 0.381 e. The lowest BCUT2D eigenvalue weighted by Crippen LogP contribution is -2.26. The maximum absolute atomic E-state index is 9.07. The quantitative estimate of drug-likeness (QED) is 0.853. The number of nitriles is 1. The minimum Gasteiger partial charge on any atom is -0.381 e. The van der Waals surface area contributed by atoms with Crippen LogP contribution in [0.5, 0.6) is 0 Å². The van der Waals surface area contributed by atoms with E-state index in [2.05, 4.69) is 18.3 Å². The maximum atomic E-state index is 9.07. The predicted octanol–water partition coefficient (Wildman–Crippen LogP) is 4.33. The van der Waals surface area contributed by atoms with Crippen LogP contribution in [0, 0.1) is 17.2 Å². The molecule has 18 heavy (non-hydrogen) atoms. The minimum absolute atomic E-state index is 0.549. The highest BCUT2D eigenvalue weighted by Gasteiger charge is 2.20. The average Bonchev–Trinajstić information content (AvgIpc) is 2.42. The molecule has 0 aliphatic heterocycles. The molecular formula is C16H22N2. The Labute approximate surface area is 110 Å². The molecule has 0 spiro atoms. The zero-order valence-electron chi connectivity index (χ0n) is 11.2. The third kappa shape index (κ3) is 3.26. The van der Waals surface area contributed by atoms with Gasteiger partial charge in [-0.1, -0.05) is 31.9 Å². The summed E-state index contributed by atoms with van der Waals surface area (Å²) in [4.78, 5) is 0. The number of hydrogen-bond donors (Lipinski definition) is 1. The molecule has 0 bridgehead atoms. The molecule has 1 aliphatic rings. The van der Waals surface area contributed by atoms with E-state index in [0.29, 0.717) is 6.04 Å². The van der Waals surface area contributed by atoms with Crippen LogP contribution < -0.4 is 5.32 Å². The average molecular weight is 242 g/mol. The van der Waals surface area contributed by atoms with Crippen molar-refractivity contribution in [1.82, 2.24) is 0 Å². The molecule has 1 aliphatic carbocycles. The summed E-state index contributed by atoms with van der Waals surface area (Å²) >= 11 is 0. The molecule has 0 aromatic heterocycles. The number of para-hydroxylation sites is 1. The van der Waals surface area contributed by atoms with E-state index in [1.807, 2.05) is 24.3 Å². The van der Waals surface area contributed by atoms with Gasteiger partial charge in [0.1, 0.15) is 6.07 Å². The zero-order valence-corrected chi connectivity index (χ0v) is 11.2. The molecule has 2 nitrogen and oxygen atoms in total. The van der Waals surface area contributed by atoms with Crippen LogP contribution in [0.4, 0.5) is 5.69 Å². The second kappa shape index (κ2) is 6.44. The van der Waals surface area contributed by atoms with Gasteiger partial charge in [0.25, 0.3) is 0 Å². The zero-order chi connectivity index (χ0) is 12.8. The van der Waals surface area contributed by atoms with Crippen molar-refractivity contribution in [2.45, 2.75) is 51.5 Å². The lowest BCUT2D eigenvalue weighted by atomic mass is 9.83. The molecule has 0 heterocycles. The van der Waals surface area contributed by atoms with Crippen molar-refractivity contribution in [1.29, 1.82) is 5.26 Å². The summed E-state index contributed by atoms with van der Waals surface area (Å²) in [6, 6.07) is 10.6. The first-order valence-corrected chi connectivity index (χ1v) is 7.09. The Morgan fingerprint density at radius 2 is 1.94 bits per heavy atom. The number of anilines is 1. The monoisotopic (exact) mass is 242 g/mol. The Kier molecular flexibility index (Phi) is 4.64. The number of nitrogens with zero attached hydrogens (tertiary/aromatic N) is 1. The summed E-state index contributed by atoms with van der Waals surface area (Å²) in [7, 11) is 0. The van der Waals surface area contributed by atoms with E-state index in [1.165, 1.54) is 38.5 Å². The lowest BCUT2D eigenvalue weighted by Gasteiger charge is -2.29. The number of hydrogen-bond acceptors (Lipinski definition) is 2. The molecule has 0 atom stereocenters.